The molecule has 0 bridgehead atoms. The van der Waals surface area contributed by atoms with Crippen LogP contribution in [-0.4, -0.2) is 36.6 Å². The van der Waals surface area contributed by atoms with Crippen molar-refractivity contribution in [3.05, 3.63) is 64.5 Å². The van der Waals surface area contributed by atoms with Gasteiger partial charge in [0.1, 0.15) is 23.5 Å². The van der Waals surface area contributed by atoms with Gasteiger partial charge >= 0.3 is 6.18 Å². The number of rotatable bonds is 7. The molecule has 0 unspecified atom stereocenters. The van der Waals surface area contributed by atoms with E-state index in [9.17, 15) is 13.2 Å². The maximum Gasteiger partial charge on any atom is 0.434 e. The number of thiophene rings is 1. The molecule has 12 heteroatoms. The molecule has 1 aliphatic carbocycles. The van der Waals surface area contributed by atoms with Gasteiger partial charge in [-0.2, -0.15) is 13.2 Å². The number of alkyl halides is 3. The molecule has 1 fully saturated rings. The Bertz CT molecular complexity index is 1620. The fraction of sp³-hybridized carbons (Fsp3) is 0.269. The van der Waals surface area contributed by atoms with Gasteiger partial charge in [-0.25, -0.2) is 24.9 Å². The van der Waals surface area contributed by atoms with Crippen molar-refractivity contribution in [3.8, 4) is 28.7 Å². The van der Waals surface area contributed by atoms with Crippen LogP contribution < -0.4 is 10.1 Å². The number of imidazole rings is 1. The molecule has 1 N–H and O–H groups in total. The molecule has 0 atom stereocenters. The summed E-state index contributed by atoms with van der Waals surface area (Å²) in [5, 5.41) is 8.25. The fourth-order valence-corrected chi connectivity index (χ4v) is 5.09. The molecule has 0 spiro atoms. The van der Waals surface area contributed by atoms with E-state index in [2.05, 4.69) is 20.3 Å². The van der Waals surface area contributed by atoms with E-state index >= 15 is 0 Å². The zero-order chi connectivity index (χ0) is 26.4. The maximum absolute atomic E-state index is 13.0. The second kappa shape index (κ2) is 9.35. The van der Waals surface area contributed by atoms with Crippen molar-refractivity contribution in [2.24, 2.45) is 7.05 Å². The number of fused-ring (bicyclic) bond motifs is 1. The van der Waals surface area contributed by atoms with Crippen molar-refractivity contribution in [3.63, 3.8) is 0 Å². The molecule has 8 nitrogen and oxygen atoms in total. The lowest BCUT2D eigenvalue weighted by molar-refractivity contribution is -0.140. The van der Waals surface area contributed by atoms with Gasteiger partial charge in [-0.3, -0.25) is 0 Å². The van der Waals surface area contributed by atoms with E-state index in [-0.39, 0.29) is 5.82 Å². The Morgan fingerprint density at radius 1 is 1.08 bits per heavy atom. The number of halogens is 3. The third-order valence-electron chi connectivity index (χ3n) is 6.40. The first-order chi connectivity index (χ1) is 18.3. The predicted octanol–water partition coefficient (Wildman–Crippen LogP) is 6.07. The monoisotopic (exact) mass is 537 g/mol. The molecule has 4 heterocycles. The Morgan fingerprint density at radius 3 is 2.55 bits per heavy atom. The van der Waals surface area contributed by atoms with Gasteiger partial charge in [-0.1, -0.05) is 24.3 Å². The number of hydrogen-bond acceptors (Lipinski definition) is 8. The molecule has 1 aromatic carbocycles. The van der Waals surface area contributed by atoms with Crippen molar-refractivity contribution >= 4 is 28.1 Å². The van der Waals surface area contributed by atoms with Crippen LogP contribution in [0.1, 0.15) is 35.7 Å². The fourth-order valence-electron chi connectivity index (χ4n) is 4.35. The molecule has 6 rings (SSSR count). The zero-order valence-corrected chi connectivity index (χ0v) is 21.3. The normalized spacial score (nSPS) is 13.7. The van der Waals surface area contributed by atoms with E-state index in [0.29, 0.717) is 41.1 Å². The number of aromatic nitrogens is 6. The zero-order valence-electron chi connectivity index (χ0n) is 20.5. The summed E-state index contributed by atoms with van der Waals surface area (Å²) in [6.45, 7) is 0.452. The lowest BCUT2D eigenvalue weighted by Gasteiger charge is -2.13. The summed E-state index contributed by atoms with van der Waals surface area (Å²) in [5.41, 5.74) is 3.04. The van der Waals surface area contributed by atoms with Gasteiger partial charge in [0.15, 0.2) is 11.5 Å². The molecule has 0 amide bonds. The van der Waals surface area contributed by atoms with Crippen LogP contribution in [-0.2, 0) is 19.8 Å². The highest BCUT2D eigenvalue weighted by Crippen LogP contribution is 2.45. The minimum atomic E-state index is -4.49. The minimum absolute atomic E-state index is 0.253. The van der Waals surface area contributed by atoms with Crippen molar-refractivity contribution in [2.75, 3.05) is 12.4 Å². The van der Waals surface area contributed by atoms with E-state index in [0.717, 1.165) is 41.2 Å². The number of ether oxygens (including phenoxy) is 1. The number of aryl methyl sites for hydroxylation is 1. The minimum Gasteiger partial charge on any atom is -0.480 e. The summed E-state index contributed by atoms with van der Waals surface area (Å²) in [6, 6.07) is 7.24. The molecule has 0 radical (unpaired) electrons. The predicted molar refractivity (Wildman–Crippen MR) is 138 cm³/mol. The van der Waals surface area contributed by atoms with Gasteiger partial charge in [-0.15, -0.1) is 11.3 Å². The summed E-state index contributed by atoms with van der Waals surface area (Å²) < 4.78 is 46.1. The van der Waals surface area contributed by atoms with Crippen LogP contribution in [0.5, 0.6) is 5.88 Å². The van der Waals surface area contributed by atoms with Gasteiger partial charge < -0.3 is 14.6 Å². The van der Waals surface area contributed by atoms with Gasteiger partial charge in [0, 0.05) is 42.0 Å². The van der Waals surface area contributed by atoms with Crippen LogP contribution in [0.25, 0.3) is 33.7 Å². The van der Waals surface area contributed by atoms with E-state index in [1.807, 2.05) is 22.9 Å². The first kappa shape index (κ1) is 24.3. The quantitative estimate of drug-likeness (QED) is 0.270. The van der Waals surface area contributed by atoms with Gasteiger partial charge in [-0.05, 0) is 18.4 Å². The highest BCUT2D eigenvalue weighted by molar-refractivity contribution is 7.09. The van der Waals surface area contributed by atoms with E-state index in [1.54, 1.807) is 26.3 Å². The molecule has 38 heavy (non-hydrogen) atoms. The lowest BCUT2D eigenvalue weighted by atomic mass is 10.1. The van der Waals surface area contributed by atoms with E-state index in [4.69, 9.17) is 14.7 Å². The Balaban J connectivity index is 1.28. The van der Waals surface area contributed by atoms with Crippen molar-refractivity contribution in [1.29, 1.82) is 0 Å². The van der Waals surface area contributed by atoms with Crippen LogP contribution in [0.15, 0.2) is 47.5 Å². The summed E-state index contributed by atoms with van der Waals surface area (Å²) in [7, 11) is 3.12. The SMILES string of the molecule is COc1ncnc(C2CC2)c1-c1nc(NCc2ccc(-c3nc(C(F)(F)F)cn3C)cc2)c2cscc2n1. The van der Waals surface area contributed by atoms with Crippen molar-refractivity contribution in [2.45, 2.75) is 31.5 Å². The summed E-state index contributed by atoms with van der Waals surface area (Å²) in [6.07, 6.45) is 0.135. The molecule has 0 saturated heterocycles. The standard InChI is InChI=1S/C26H22F3N7OS/c1-36-10-19(26(27,28)29)34-24(36)16-5-3-14(4-6-16)9-30-22-17-11-38-12-18(17)33-23(35-22)20-21(15-7-8-15)31-13-32-25(20)37-2/h3-6,10-13,15H,7-9H2,1-2H3,(H,30,33,35). The number of anilines is 1. The second-order valence-corrected chi connectivity index (χ2v) is 9.84. The Morgan fingerprint density at radius 2 is 1.87 bits per heavy atom. The molecular formula is C26H22F3N7OS. The molecule has 1 saturated carbocycles. The highest BCUT2D eigenvalue weighted by atomic mass is 32.1. The smallest absolute Gasteiger partial charge is 0.434 e. The Labute approximate surface area is 219 Å². The van der Waals surface area contributed by atoms with Crippen molar-refractivity contribution in [1.82, 2.24) is 29.5 Å². The van der Waals surface area contributed by atoms with Gasteiger partial charge in [0.05, 0.1) is 23.7 Å². The topological polar surface area (TPSA) is 90.6 Å². The highest BCUT2D eigenvalue weighted by Gasteiger charge is 2.34. The summed E-state index contributed by atoms with van der Waals surface area (Å²) in [5.74, 6) is 2.22. The lowest BCUT2D eigenvalue weighted by Crippen LogP contribution is -2.06. The number of nitrogens with one attached hydrogen (secondary N) is 1. The average molecular weight is 538 g/mol. The van der Waals surface area contributed by atoms with E-state index < -0.39 is 11.9 Å². The van der Waals surface area contributed by atoms with Crippen LogP contribution in [0.4, 0.5) is 19.0 Å². The van der Waals surface area contributed by atoms with Gasteiger partial charge in [0.25, 0.3) is 0 Å². The summed E-state index contributed by atoms with van der Waals surface area (Å²) >= 11 is 1.54. The van der Waals surface area contributed by atoms with Gasteiger partial charge in [0.2, 0.25) is 5.88 Å². The molecule has 194 valence electrons. The number of benzene rings is 1. The molecule has 1 aliphatic rings. The first-order valence-electron chi connectivity index (χ1n) is 11.9. The summed E-state index contributed by atoms with van der Waals surface area (Å²) in [4.78, 5) is 22.2. The maximum atomic E-state index is 13.0. The number of nitrogens with zero attached hydrogens (tertiary/aromatic N) is 6. The second-order valence-electron chi connectivity index (χ2n) is 9.09. The third-order valence-corrected chi connectivity index (χ3v) is 7.13. The Hall–Kier alpha value is -4.06. The molecule has 5 aromatic rings. The molecule has 4 aromatic heterocycles. The number of hydrogen-bond donors (Lipinski definition) is 1. The van der Waals surface area contributed by atoms with Crippen LogP contribution in [0.3, 0.4) is 0 Å². The van der Waals surface area contributed by atoms with Crippen LogP contribution in [0.2, 0.25) is 0 Å². The average Bonchev–Trinajstić information content (AvgIpc) is 3.51. The third kappa shape index (κ3) is 4.55. The van der Waals surface area contributed by atoms with Crippen molar-refractivity contribution < 1.29 is 17.9 Å². The van der Waals surface area contributed by atoms with E-state index in [1.165, 1.54) is 22.2 Å². The molecule has 0 aliphatic heterocycles. The van der Waals surface area contributed by atoms with Crippen LogP contribution in [0, 0.1) is 0 Å². The number of methoxy groups -OCH3 is 1. The molecular weight excluding hydrogens is 515 g/mol. The largest absolute Gasteiger partial charge is 0.480 e. The van der Waals surface area contributed by atoms with Crippen LogP contribution >= 0.6 is 11.3 Å². The first-order valence-corrected chi connectivity index (χ1v) is 12.8. The Kier molecular flexibility index (Phi) is 5.98.